The Kier molecular flexibility index (Phi) is 5.04. The molecule has 0 aliphatic rings. The number of benzene rings is 2. The molecule has 0 aromatic heterocycles. The molecule has 0 saturated heterocycles. The van der Waals surface area contributed by atoms with E-state index in [2.05, 4.69) is 10.1 Å². The average molecular weight is 302 g/mol. The first-order valence-corrected chi connectivity index (χ1v) is 6.40. The van der Waals surface area contributed by atoms with Gasteiger partial charge in [0.15, 0.2) is 0 Å². The molecule has 0 atom stereocenters. The number of carbonyl (C=O) groups is 1. The number of halogens is 2. The average Bonchev–Trinajstić information content (AvgIpc) is 2.53. The number of nitrogens with one attached hydrogen (secondary N) is 1. The van der Waals surface area contributed by atoms with Crippen molar-refractivity contribution in [1.82, 2.24) is 5.32 Å². The summed E-state index contributed by atoms with van der Waals surface area (Å²) < 4.78 is 28.3. The molecular weight excluding hydrogens is 290 g/mol. The van der Waals surface area contributed by atoms with Crippen LogP contribution in [-0.2, 0) is 6.54 Å². The van der Waals surface area contributed by atoms with E-state index in [0.717, 1.165) is 5.56 Å². The van der Waals surface area contributed by atoms with Crippen LogP contribution in [0.1, 0.15) is 21.5 Å². The molecule has 112 valence electrons. The third-order valence-corrected chi connectivity index (χ3v) is 2.85. The second-order valence-electron chi connectivity index (χ2n) is 4.40. The first kappa shape index (κ1) is 15.4. The Morgan fingerprint density at radius 1 is 1.23 bits per heavy atom. The minimum atomic E-state index is -2.90. The van der Waals surface area contributed by atoms with Crippen molar-refractivity contribution in [3.8, 4) is 11.8 Å². The van der Waals surface area contributed by atoms with Crippen LogP contribution in [0, 0.1) is 11.3 Å². The Balaban J connectivity index is 1.96. The third-order valence-electron chi connectivity index (χ3n) is 2.85. The highest BCUT2D eigenvalue weighted by molar-refractivity contribution is 5.94. The quantitative estimate of drug-likeness (QED) is 0.923. The standard InChI is InChI=1S/C16H12F2N2O2/c17-16(18)22-14-6-4-13(5-7-14)15(21)20-10-12-3-1-2-11(8-12)9-19/h1-8,16H,10H2,(H,20,21). The lowest BCUT2D eigenvalue weighted by atomic mass is 10.1. The highest BCUT2D eigenvalue weighted by Crippen LogP contribution is 2.15. The Morgan fingerprint density at radius 2 is 1.95 bits per heavy atom. The number of nitrogens with zero attached hydrogens (tertiary/aromatic N) is 1. The topological polar surface area (TPSA) is 62.1 Å². The highest BCUT2D eigenvalue weighted by atomic mass is 19.3. The molecule has 0 heterocycles. The normalized spacial score (nSPS) is 10.1. The van der Waals surface area contributed by atoms with Crippen LogP contribution in [0.2, 0.25) is 0 Å². The summed E-state index contributed by atoms with van der Waals surface area (Å²) in [5.74, 6) is -0.348. The number of hydrogen-bond acceptors (Lipinski definition) is 3. The number of amides is 1. The smallest absolute Gasteiger partial charge is 0.387 e. The summed E-state index contributed by atoms with van der Waals surface area (Å²) >= 11 is 0. The van der Waals surface area contributed by atoms with Crippen molar-refractivity contribution >= 4 is 5.91 Å². The van der Waals surface area contributed by atoms with Gasteiger partial charge < -0.3 is 10.1 Å². The van der Waals surface area contributed by atoms with E-state index in [1.807, 2.05) is 6.07 Å². The lowest BCUT2D eigenvalue weighted by Gasteiger charge is -2.07. The van der Waals surface area contributed by atoms with Crippen molar-refractivity contribution in [2.24, 2.45) is 0 Å². The number of hydrogen-bond donors (Lipinski definition) is 1. The van der Waals surface area contributed by atoms with Crippen molar-refractivity contribution in [3.05, 3.63) is 65.2 Å². The van der Waals surface area contributed by atoms with Crippen molar-refractivity contribution in [1.29, 1.82) is 5.26 Å². The fourth-order valence-electron chi connectivity index (χ4n) is 1.82. The molecule has 0 aliphatic heterocycles. The van der Waals surface area contributed by atoms with E-state index in [1.54, 1.807) is 24.3 Å². The van der Waals surface area contributed by atoms with E-state index >= 15 is 0 Å². The molecule has 0 bridgehead atoms. The number of rotatable bonds is 5. The van der Waals surface area contributed by atoms with Gasteiger partial charge in [0.1, 0.15) is 5.75 Å². The van der Waals surface area contributed by atoms with E-state index in [4.69, 9.17) is 5.26 Å². The van der Waals surface area contributed by atoms with Gasteiger partial charge in [-0.1, -0.05) is 12.1 Å². The molecule has 4 nitrogen and oxygen atoms in total. The number of alkyl halides is 2. The van der Waals surface area contributed by atoms with Crippen LogP contribution >= 0.6 is 0 Å². The minimum Gasteiger partial charge on any atom is -0.435 e. The van der Waals surface area contributed by atoms with Crippen LogP contribution in [0.5, 0.6) is 5.75 Å². The van der Waals surface area contributed by atoms with Gasteiger partial charge in [0.05, 0.1) is 11.6 Å². The number of nitriles is 1. The molecule has 22 heavy (non-hydrogen) atoms. The Morgan fingerprint density at radius 3 is 2.59 bits per heavy atom. The molecule has 0 spiro atoms. The van der Waals surface area contributed by atoms with Crippen molar-refractivity contribution in [2.75, 3.05) is 0 Å². The largest absolute Gasteiger partial charge is 0.435 e. The molecule has 0 saturated carbocycles. The van der Waals surface area contributed by atoms with Crippen LogP contribution in [-0.4, -0.2) is 12.5 Å². The van der Waals surface area contributed by atoms with Crippen LogP contribution in [0.4, 0.5) is 8.78 Å². The van der Waals surface area contributed by atoms with Crippen LogP contribution in [0.15, 0.2) is 48.5 Å². The van der Waals surface area contributed by atoms with Gasteiger partial charge in [-0.3, -0.25) is 4.79 Å². The van der Waals surface area contributed by atoms with Gasteiger partial charge in [0.2, 0.25) is 0 Å². The lowest BCUT2D eigenvalue weighted by molar-refractivity contribution is -0.0498. The van der Waals surface area contributed by atoms with E-state index in [0.29, 0.717) is 11.1 Å². The first-order chi connectivity index (χ1) is 10.6. The number of carbonyl (C=O) groups excluding carboxylic acids is 1. The van der Waals surface area contributed by atoms with Gasteiger partial charge in [0, 0.05) is 12.1 Å². The maximum Gasteiger partial charge on any atom is 0.387 e. The SMILES string of the molecule is N#Cc1cccc(CNC(=O)c2ccc(OC(F)F)cc2)c1. The predicted molar refractivity (Wildman–Crippen MR) is 75.4 cm³/mol. The monoisotopic (exact) mass is 302 g/mol. The molecule has 2 rings (SSSR count). The fraction of sp³-hybridized carbons (Fsp3) is 0.125. The van der Waals surface area contributed by atoms with Crippen LogP contribution < -0.4 is 10.1 Å². The summed E-state index contributed by atoms with van der Waals surface area (Å²) in [6, 6.07) is 14.3. The molecule has 0 unspecified atom stereocenters. The maximum absolute atomic E-state index is 12.0. The van der Waals surface area contributed by atoms with Gasteiger partial charge in [-0.2, -0.15) is 14.0 Å². The third kappa shape index (κ3) is 4.28. The summed E-state index contributed by atoms with van der Waals surface area (Å²) in [4.78, 5) is 11.9. The summed E-state index contributed by atoms with van der Waals surface area (Å²) in [6.07, 6.45) is 0. The molecule has 2 aromatic rings. The van der Waals surface area contributed by atoms with E-state index in [9.17, 15) is 13.6 Å². The van der Waals surface area contributed by atoms with Crippen LogP contribution in [0.3, 0.4) is 0 Å². The minimum absolute atomic E-state index is 0.00623. The van der Waals surface area contributed by atoms with Gasteiger partial charge in [-0.05, 0) is 42.0 Å². The molecule has 1 amide bonds. The molecule has 1 N–H and O–H groups in total. The molecule has 6 heteroatoms. The van der Waals surface area contributed by atoms with Gasteiger partial charge in [-0.25, -0.2) is 0 Å². The second-order valence-corrected chi connectivity index (χ2v) is 4.40. The van der Waals surface area contributed by atoms with Crippen LogP contribution in [0.25, 0.3) is 0 Å². The van der Waals surface area contributed by atoms with Crippen molar-refractivity contribution in [2.45, 2.75) is 13.2 Å². The van der Waals surface area contributed by atoms with E-state index in [1.165, 1.54) is 24.3 Å². The van der Waals surface area contributed by atoms with E-state index < -0.39 is 6.61 Å². The molecular formula is C16H12F2N2O2. The zero-order valence-electron chi connectivity index (χ0n) is 11.4. The Hall–Kier alpha value is -2.94. The van der Waals surface area contributed by atoms with Gasteiger partial charge in [0.25, 0.3) is 5.91 Å². The molecule has 2 aromatic carbocycles. The predicted octanol–water partition coefficient (Wildman–Crippen LogP) is 3.09. The van der Waals surface area contributed by atoms with Gasteiger partial charge >= 0.3 is 6.61 Å². The maximum atomic E-state index is 12.0. The number of ether oxygens (including phenoxy) is 1. The summed E-state index contributed by atoms with van der Waals surface area (Å²) in [5, 5.41) is 11.5. The molecule has 0 aliphatic carbocycles. The fourth-order valence-corrected chi connectivity index (χ4v) is 1.82. The molecule has 0 radical (unpaired) electrons. The summed E-state index contributed by atoms with van der Waals surface area (Å²) in [5.41, 5.74) is 1.64. The Bertz CT molecular complexity index is 694. The summed E-state index contributed by atoms with van der Waals surface area (Å²) in [6.45, 7) is -2.63. The zero-order chi connectivity index (χ0) is 15.9. The van der Waals surface area contributed by atoms with E-state index in [-0.39, 0.29) is 18.2 Å². The highest BCUT2D eigenvalue weighted by Gasteiger charge is 2.08. The lowest BCUT2D eigenvalue weighted by Crippen LogP contribution is -2.22. The van der Waals surface area contributed by atoms with Gasteiger partial charge in [-0.15, -0.1) is 0 Å². The zero-order valence-corrected chi connectivity index (χ0v) is 11.4. The van der Waals surface area contributed by atoms with Crippen molar-refractivity contribution < 1.29 is 18.3 Å². The second kappa shape index (κ2) is 7.18. The Labute approximate surface area is 125 Å². The van der Waals surface area contributed by atoms with Crippen molar-refractivity contribution in [3.63, 3.8) is 0 Å². The summed E-state index contributed by atoms with van der Waals surface area (Å²) in [7, 11) is 0. The molecule has 0 fully saturated rings. The first-order valence-electron chi connectivity index (χ1n) is 6.40.